The topological polar surface area (TPSA) is 89.0 Å². The van der Waals surface area contributed by atoms with Crippen LogP contribution in [0.2, 0.25) is 5.28 Å². The van der Waals surface area contributed by atoms with E-state index in [1.165, 1.54) is 7.11 Å². The quantitative estimate of drug-likeness (QED) is 0.673. The fourth-order valence-electron chi connectivity index (χ4n) is 2.11. The molecule has 7 nitrogen and oxygen atoms in total. The van der Waals surface area contributed by atoms with Gasteiger partial charge in [-0.25, -0.2) is 4.79 Å². The summed E-state index contributed by atoms with van der Waals surface area (Å²) >= 11 is 5.98. The predicted octanol–water partition coefficient (Wildman–Crippen LogP) is 3.80. The number of carbonyl (C=O) groups excluding carboxylic acids is 1. The van der Waals surface area contributed by atoms with Gasteiger partial charge in [0.15, 0.2) is 0 Å². The van der Waals surface area contributed by atoms with E-state index in [0.29, 0.717) is 11.3 Å². The van der Waals surface area contributed by atoms with Crippen LogP contribution >= 0.6 is 11.6 Å². The maximum absolute atomic E-state index is 11.8. The third-order valence-corrected chi connectivity index (χ3v) is 3.39. The molecular formula is C17H14ClN5O2. The first kappa shape index (κ1) is 16.7. The molecule has 0 unspecified atom stereocenters. The number of carbonyl (C=O) groups is 1. The molecule has 25 heavy (non-hydrogen) atoms. The van der Waals surface area contributed by atoms with Crippen LogP contribution in [0, 0.1) is 0 Å². The van der Waals surface area contributed by atoms with Crippen LogP contribution in [0.15, 0.2) is 54.6 Å². The fourth-order valence-corrected chi connectivity index (χ4v) is 2.27. The third kappa shape index (κ3) is 4.21. The van der Waals surface area contributed by atoms with Crippen molar-refractivity contribution in [3.8, 4) is 0 Å². The molecule has 1 aromatic heterocycles. The lowest BCUT2D eigenvalue weighted by molar-refractivity contribution is 0.0602. The van der Waals surface area contributed by atoms with Gasteiger partial charge in [-0.1, -0.05) is 30.3 Å². The highest BCUT2D eigenvalue weighted by Crippen LogP contribution is 2.21. The number of nitrogens with one attached hydrogen (secondary N) is 2. The molecule has 3 aromatic rings. The monoisotopic (exact) mass is 355 g/mol. The van der Waals surface area contributed by atoms with Crippen molar-refractivity contribution >= 4 is 40.8 Å². The molecule has 0 bridgehead atoms. The number of methoxy groups -OCH3 is 1. The molecule has 0 saturated carbocycles. The van der Waals surface area contributed by atoms with Crippen molar-refractivity contribution in [1.82, 2.24) is 15.0 Å². The number of hydrogen-bond acceptors (Lipinski definition) is 7. The van der Waals surface area contributed by atoms with E-state index in [1.807, 2.05) is 30.3 Å². The highest BCUT2D eigenvalue weighted by Gasteiger charge is 2.13. The molecule has 8 heteroatoms. The van der Waals surface area contributed by atoms with Crippen LogP contribution in [0.3, 0.4) is 0 Å². The van der Waals surface area contributed by atoms with Crippen molar-refractivity contribution in [2.24, 2.45) is 0 Å². The number of anilines is 4. The van der Waals surface area contributed by atoms with E-state index in [9.17, 15) is 4.79 Å². The van der Waals surface area contributed by atoms with Gasteiger partial charge in [0.05, 0.1) is 18.4 Å². The molecule has 0 aliphatic carbocycles. The summed E-state index contributed by atoms with van der Waals surface area (Å²) in [5.74, 6) is 0.0184. The highest BCUT2D eigenvalue weighted by atomic mass is 35.5. The van der Waals surface area contributed by atoms with Crippen molar-refractivity contribution in [2.45, 2.75) is 0 Å². The van der Waals surface area contributed by atoms with Gasteiger partial charge in [-0.3, -0.25) is 0 Å². The summed E-state index contributed by atoms with van der Waals surface area (Å²) in [6, 6.07) is 16.3. The molecule has 1 heterocycles. The van der Waals surface area contributed by atoms with E-state index >= 15 is 0 Å². The van der Waals surface area contributed by atoms with Gasteiger partial charge in [0.2, 0.25) is 17.2 Å². The highest BCUT2D eigenvalue weighted by molar-refractivity contribution is 6.28. The fraction of sp³-hybridized carbons (Fsp3) is 0.0588. The molecule has 0 fully saturated rings. The van der Waals surface area contributed by atoms with E-state index in [4.69, 9.17) is 16.3 Å². The summed E-state index contributed by atoms with van der Waals surface area (Å²) in [6.45, 7) is 0. The summed E-state index contributed by atoms with van der Waals surface area (Å²) in [6.07, 6.45) is 0. The lowest BCUT2D eigenvalue weighted by atomic mass is 10.2. The van der Waals surface area contributed by atoms with E-state index in [0.717, 1.165) is 5.69 Å². The number of nitrogens with zero attached hydrogens (tertiary/aromatic N) is 3. The van der Waals surface area contributed by atoms with E-state index in [2.05, 4.69) is 25.6 Å². The zero-order chi connectivity index (χ0) is 17.6. The summed E-state index contributed by atoms with van der Waals surface area (Å²) < 4.78 is 4.77. The molecular weight excluding hydrogens is 342 g/mol. The lowest BCUT2D eigenvalue weighted by Crippen LogP contribution is -2.08. The van der Waals surface area contributed by atoms with E-state index in [1.54, 1.807) is 24.3 Å². The van der Waals surface area contributed by atoms with Gasteiger partial charge in [-0.2, -0.15) is 15.0 Å². The van der Waals surface area contributed by atoms with Crippen LogP contribution in [0.25, 0.3) is 0 Å². The standard InChI is InChI=1S/C17H14ClN5O2/c1-25-14(24)12-9-5-6-10-13(12)20-17-22-15(18)21-16(23-17)19-11-7-3-2-4-8-11/h2-10H,1H3,(H2,19,20,21,22,23). The normalized spacial score (nSPS) is 10.2. The Morgan fingerprint density at radius 3 is 2.28 bits per heavy atom. The van der Waals surface area contributed by atoms with Gasteiger partial charge < -0.3 is 15.4 Å². The first-order valence-electron chi connectivity index (χ1n) is 7.34. The van der Waals surface area contributed by atoms with Gasteiger partial charge in [0, 0.05) is 5.69 Å². The Kier molecular flexibility index (Phi) is 5.06. The Morgan fingerprint density at radius 2 is 1.56 bits per heavy atom. The van der Waals surface area contributed by atoms with Crippen molar-refractivity contribution in [3.05, 3.63) is 65.4 Å². The molecule has 2 N–H and O–H groups in total. The Labute approximate surface area is 149 Å². The molecule has 0 aliphatic rings. The van der Waals surface area contributed by atoms with Gasteiger partial charge in [0.25, 0.3) is 0 Å². The number of rotatable bonds is 5. The SMILES string of the molecule is COC(=O)c1ccccc1Nc1nc(Cl)nc(Nc2ccccc2)n1. The van der Waals surface area contributed by atoms with Crippen molar-refractivity contribution in [3.63, 3.8) is 0 Å². The summed E-state index contributed by atoms with van der Waals surface area (Å²) in [5, 5.41) is 6.03. The second kappa shape index (κ2) is 7.59. The lowest BCUT2D eigenvalue weighted by Gasteiger charge is -2.11. The Balaban J connectivity index is 1.88. The van der Waals surface area contributed by atoms with Crippen LogP contribution in [-0.4, -0.2) is 28.0 Å². The number of halogens is 1. The maximum Gasteiger partial charge on any atom is 0.339 e. The third-order valence-electron chi connectivity index (χ3n) is 3.22. The van der Waals surface area contributed by atoms with Crippen molar-refractivity contribution in [1.29, 1.82) is 0 Å². The second-order valence-corrected chi connectivity index (χ2v) is 5.24. The largest absolute Gasteiger partial charge is 0.465 e. The van der Waals surface area contributed by atoms with Gasteiger partial charge in [0.1, 0.15) is 0 Å². The summed E-state index contributed by atoms with van der Waals surface area (Å²) in [4.78, 5) is 24.2. The second-order valence-electron chi connectivity index (χ2n) is 4.90. The molecule has 0 spiro atoms. The molecule has 2 aromatic carbocycles. The molecule has 0 radical (unpaired) electrons. The molecule has 0 atom stereocenters. The molecule has 126 valence electrons. The number of aromatic nitrogens is 3. The van der Waals surface area contributed by atoms with Crippen LogP contribution < -0.4 is 10.6 Å². The summed E-state index contributed by atoms with van der Waals surface area (Å²) in [7, 11) is 1.32. The predicted molar refractivity (Wildman–Crippen MR) is 95.6 cm³/mol. The number of para-hydroxylation sites is 2. The minimum absolute atomic E-state index is 0.0199. The summed E-state index contributed by atoms with van der Waals surface area (Å²) in [5.41, 5.74) is 1.67. The van der Waals surface area contributed by atoms with Crippen molar-refractivity contribution < 1.29 is 9.53 Å². The van der Waals surface area contributed by atoms with E-state index in [-0.39, 0.29) is 17.2 Å². The number of hydrogen-bond donors (Lipinski definition) is 2. The van der Waals surface area contributed by atoms with Crippen LogP contribution in [0.1, 0.15) is 10.4 Å². The Hall–Kier alpha value is -3.19. The van der Waals surface area contributed by atoms with Gasteiger partial charge in [-0.05, 0) is 35.9 Å². The van der Waals surface area contributed by atoms with Crippen LogP contribution in [-0.2, 0) is 4.74 Å². The number of ether oxygens (including phenoxy) is 1. The number of benzene rings is 2. The maximum atomic E-state index is 11.8. The van der Waals surface area contributed by atoms with E-state index < -0.39 is 5.97 Å². The zero-order valence-corrected chi connectivity index (χ0v) is 14.0. The zero-order valence-electron chi connectivity index (χ0n) is 13.2. The molecule has 0 aliphatic heterocycles. The minimum Gasteiger partial charge on any atom is -0.465 e. The Bertz CT molecular complexity index is 889. The van der Waals surface area contributed by atoms with Crippen LogP contribution in [0.5, 0.6) is 0 Å². The molecule has 3 rings (SSSR count). The van der Waals surface area contributed by atoms with Gasteiger partial charge in [-0.15, -0.1) is 0 Å². The minimum atomic E-state index is -0.467. The average molecular weight is 356 g/mol. The average Bonchev–Trinajstić information content (AvgIpc) is 2.62. The number of esters is 1. The first-order valence-corrected chi connectivity index (χ1v) is 7.71. The Morgan fingerprint density at radius 1 is 0.920 bits per heavy atom. The van der Waals surface area contributed by atoms with Gasteiger partial charge >= 0.3 is 5.97 Å². The van der Waals surface area contributed by atoms with Crippen molar-refractivity contribution in [2.75, 3.05) is 17.7 Å². The molecule has 0 saturated heterocycles. The smallest absolute Gasteiger partial charge is 0.339 e. The molecule has 0 amide bonds. The van der Waals surface area contributed by atoms with Crippen LogP contribution in [0.4, 0.5) is 23.3 Å². The first-order chi connectivity index (χ1) is 12.2.